The van der Waals surface area contributed by atoms with Crippen molar-refractivity contribution >= 4 is 16.1 Å². The monoisotopic (exact) mass is 293 g/mol. The maximum atomic E-state index is 12.6. The number of carbonyl (C=O) groups is 1. The number of benzene rings is 1. The second kappa shape index (κ2) is 4.63. The van der Waals surface area contributed by atoms with Gasteiger partial charge < -0.3 is 4.74 Å². The minimum Gasteiger partial charge on any atom is -0.443 e. The minimum atomic E-state index is -3.87. The second-order valence-corrected chi connectivity index (χ2v) is 6.85. The van der Waals surface area contributed by atoms with E-state index in [1.165, 1.54) is 12.1 Å². The lowest BCUT2D eigenvalue weighted by Crippen LogP contribution is -2.40. The molecule has 1 aromatic rings. The Morgan fingerprint density at radius 1 is 1.25 bits per heavy atom. The first-order valence-electron chi connectivity index (χ1n) is 6.48. The van der Waals surface area contributed by atoms with Crippen LogP contribution in [0.1, 0.15) is 18.4 Å². The average molecular weight is 293 g/mol. The summed E-state index contributed by atoms with van der Waals surface area (Å²) in [6.07, 6.45) is 3.94. The van der Waals surface area contributed by atoms with Gasteiger partial charge in [0.2, 0.25) is 0 Å². The van der Waals surface area contributed by atoms with Crippen LogP contribution in [0.4, 0.5) is 4.79 Å². The molecule has 2 aliphatic rings. The van der Waals surface area contributed by atoms with Gasteiger partial charge in [-0.3, -0.25) is 0 Å². The predicted octanol–water partition coefficient (Wildman–Crippen LogP) is 2.22. The van der Waals surface area contributed by atoms with Crippen molar-refractivity contribution in [3.05, 3.63) is 42.0 Å². The molecule has 1 heterocycles. The Bertz CT molecular complexity index is 663. The Kier molecular flexibility index (Phi) is 3.05. The molecule has 0 N–H and O–H groups in total. The molecule has 3 rings (SSSR count). The van der Waals surface area contributed by atoms with Crippen molar-refractivity contribution in [3.8, 4) is 0 Å². The number of nitrogens with zero attached hydrogens (tertiary/aromatic N) is 1. The van der Waals surface area contributed by atoms with Crippen molar-refractivity contribution < 1.29 is 17.9 Å². The van der Waals surface area contributed by atoms with Gasteiger partial charge in [0, 0.05) is 0 Å². The molecule has 1 aliphatic carbocycles. The molecular weight excluding hydrogens is 278 g/mol. The predicted molar refractivity (Wildman–Crippen MR) is 72.6 cm³/mol. The number of ether oxygens (including phenoxy) is 1. The molecule has 6 heteroatoms. The fourth-order valence-corrected chi connectivity index (χ4v) is 4.01. The minimum absolute atomic E-state index is 0.111. The maximum Gasteiger partial charge on any atom is 0.424 e. The number of fused-ring (bicyclic) bond motifs is 1. The van der Waals surface area contributed by atoms with Gasteiger partial charge in [0.15, 0.2) is 0 Å². The van der Waals surface area contributed by atoms with E-state index in [9.17, 15) is 13.2 Å². The van der Waals surface area contributed by atoms with Crippen LogP contribution >= 0.6 is 0 Å². The van der Waals surface area contributed by atoms with Crippen LogP contribution in [-0.2, 0) is 14.8 Å². The van der Waals surface area contributed by atoms with Crippen molar-refractivity contribution in [3.63, 3.8) is 0 Å². The molecular formula is C14H15NO4S. The summed E-state index contributed by atoms with van der Waals surface area (Å²) in [5, 5.41) is 0. The maximum absolute atomic E-state index is 12.6. The van der Waals surface area contributed by atoms with Crippen LogP contribution in [0.2, 0.25) is 0 Å². The number of hydrogen-bond donors (Lipinski definition) is 0. The van der Waals surface area contributed by atoms with E-state index in [1.54, 1.807) is 18.2 Å². The molecule has 1 amide bonds. The van der Waals surface area contributed by atoms with Crippen molar-refractivity contribution in [2.24, 2.45) is 0 Å². The Morgan fingerprint density at radius 3 is 2.65 bits per heavy atom. The van der Waals surface area contributed by atoms with Crippen LogP contribution in [0, 0.1) is 6.92 Å². The molecule has 106 valence electrons. The molecule has 0 spiro atoms. The Labute approximate surface area is 117 Å². The fraction of sp³-hybridized carbons (Fsp3) is 0.357. The number of aryl methyl sites for hydroxylation is 1. The molecule has 20 heavy (non-hydrogen) atoms. The third-order valence-electron chi connectivity index (χ3n) is 3.61. The van der Waals surface area contributed by atoms with Crippen molar-refractivity contribution in [2.45, 2.75) is 36.8 Å². The van der Waals surface area contributed by atoms with Gasteiger partial charge in [-0.2, -0.15) is 4.31 Å². The highest BCUT2D eigenvalue weighted by molar-refractivity contribution is 7.89. The van der Waals surface area contributed by atoms with Crippen LogP contribution in [0.25, 0.3) is 0 Å². The topological polar surface area (TPSA) is 63.7 Å². The molecule has 0 radical (unpaired) electrons. The fourth-order valence-electron chi connectivity index (χ4n) is 2.53. The zero-order valence-electron chi connectivity index (χ0n) is 11.0. The van der Waals surface area contributed by atoms with Crippen LogP contribution in [-0.4, -0.2) is 31.0 Å². The van der Waals surface area contributed by atoms with Gasteiger partial charge in [-0.05, 0) is 31.9 Å². The van der Waals surface area contributed by atoms with Crippen LogP contribution in [0.15, 0.2) is 41.3 Å². The van der Waals surface area contributed by atoms with E-state index in [4.69, 9.17) is 4.74 Å². The molecule has 0 saturated carbocycles. The van der Waals surface area contributed by atoms with Gasteiger partial charge in [0.25, 0.3) is 10.0 Å². The van der Waals surface area contributed by atoms with E-state index >= 15 is 0 Å². The SMILES string of the molecule is Cc1ccc(S(=O)(=O)N2C(=O)O[C@H]3CCC=C[C@H]32)cc1. The first-order chi connectivity index (χ1) is 9.50. The molecule has 1 aliphatic heterocycles. The van der Waals surface area contributed by atoms with Gasteiger partial charge >= 0.3 is 6.09 Å². The Morgan fingerprint density at radius 2 is 1.95 bits per heavy atom. The van der Waals surface area contributed by atoms with E-state index in [-0.39, 0.29) is 11.0 Å². The third kappa shape index (κ3) is 2.00. The van der Waals surface area contributed by atoms with Gasteiger partial charge in [0.1, 0.15) is 12.1 Å². The summed E-state index contributed by atoms with van der Waals surface area (Å²) in [7, 11) is -3.87. The Balaban J connectivity index is 2.02. The van der Waals surface area contributed by atoms with Crippen molar-refractivity contribution in [1.29, 1.82) is 0 Å². The third-order valence-corrected chi connectivity index (χ3v) is 5.39. The number of amides is 1. The summed E-state index contributed by atoms with van der Waals surface area (Å²) >= 11 is 0. The highest BCUT2D eigenvalue weighted by Gasteiger charge is 2.47. The van der Waals surface area contributed by atoms with Gasteiger partial charge in [-0.25, -0.2) is 13.2 Å². The quantitative estimate of drug-likeness (QED) is 0.784. The van der Waals surface area contributed by atoms with Gasteiger partial charge in [-0.1, -0.05) is 29.8 Å². The highest BCUT2D eigenvalue weighted by atomic mass is 32.2. The summed E-state index contributed by atoms with van der Waals surface area (Å²) in [6.45, 7) is 1.88. The second-order valence-electron chi connectivity index (χ2n) is 5.03. The number of hydrogen-bond acceptors (Lipinski definition) is 4. The van der Waals surface area contributed by atoms with E-state index < -0.39 is 22.2 Å². The number of rotatable bonds is 2. The van der Waals surface area contributed by atoms with Crippen LogP contribution in [0.5, 0.6) is 0 Å². The summed E-state index contributed by atoms with van der Waals surface area (Å²) in [5.74, 6) is 0. The molecule has 1 aromatic carbocycles. The smallest absolute Gasteiger partial charge is 0.424 e. The molecule has 0 unspecified atom stereocenters. The molecule has 5 nitrogen and oxygen atoms in total. The molecule has 0 aromatic heterocycles. The number of carbonyl (C=O) groups excluding carboxylic acids is 1. The highest BCUT2D eigenvalue weighted by Crippen LogP contribution is 2.32. The molecule has 1 fully saturated rings. The normalized spacial score (nSPS) is 25.4. The summed E-state index contributed by atoms with van der Waals surface area (Å²) < 4.78 is 31.2. The van der Waals surface area contributed by atoms with Crippen molar-refractivity contribution in [1.82, 2.24) is 4.31 Å². The van der Waals surface area contributed by atoms with Crippen LogP contribution in [0.3, 0.4) is 0 Å². The first-order valence-corrected chi connectivity index (χ1v) is 7.92. The zero-order valence-corrected chi connectivity index (χ0v) is 11.8. The van der Waals surface area contributed by atoms with Gasteiger partial charge in [0.05, 0.1) is 4.90 Å². The van der Waals surface area contributed by atoms with Crippen LogP contribution < -0.4 is 0 Å². The molecule has 1 saturated heterocycles. The summed E-state index contributed by atoms with van der Waals surface area (Å²) in [5.41, 5.74) is 0.961. The number of allylic oxidation sites excluding steroid dienone is 1. The van der Waals surface area contributed by atoms with E-state index in [0.29, 0.717) is 6.42 Å². The lowest BCUT2D eigenvalue weighted by Gasteiger charge is -2.23. The van der Waals surface area contributed by atoms with E-state index in [1.807, 2.05) is 13.0 Å². The lowest BCUT2D eigenvalue weighted by molar-refractivity contribution is 0.128. The summed E-state index contributed by atoms with van der Waals surface area (Å²) in [6, 6.07) is 5.92. The molecule has 0 bridgehead atoms. The number of sulfonamides is 1. The summed E-state index contributed by atoms with van der Waals surface area (Å²) in [4.78, 5) is 12.0. The largest absolute Gasteiger partial charge is 0.443 e. The van der Waals surface area contributed by atoms with E-state index in [2.05, 4.69) is 0 Å². The molecule has 2 atom stereocenters. The average Bonchev–Trinajstić information content (AvgIpc) is 2.75. The van der Waals surface area contributed by atoms with Gasteiger partial charge in [-0.15, -0.1) is 0 Å². The van der Waals surface area contributed by atoms with E-state index in [0.717, 1.165) is 16.3 Å². The Hall–Kier alpha value is -1.82. The zero-order chi connectivity index (χ0) is 14.3. The lowest BCUT2D eigenvalue weighted by atomic mass is 10.0. The van der Waals surface area contributed by atoms with Crippen molar-refractivity contribution in [2.75, 3.05) is 0 Å². The first kappa shape index (κ1) is 13.2. The standard InChI is InChI=1S/C14H15NO4S/c1-10-6-8-11(9-7-10)20(17,18)15-12-4-2-3-5-13(12)19-14(15)16/h2,4,6-9,12-13H,3,5H2,1H3/t12-,13+/m1/s1.